The molecule has 2 aliphatic rings. The Labute approximate surface area is 224 Å². The fourth-order valence-corrected chi connectivity index (χ4v) is 4.20. The van der Waals surface area contributed by atoms with E-state index < -0.39 is 90.0 Å². The molecule has 2 amide bonds. The van der Waals surface area contributed by atoms with Gasteiger partial charge in [-0.15, -0.1) is 0 Å². The molecule has 3 rings (SSSR count). The third kappa shape index (κ3) is 6.79. The fraction of sp³-hybridized carbons (Fsp3) is 0.545. The molecule has 0 aromatic heterocycles. The minimum Gasteiger partial charge on any atom is -0.479 e. The van der Waals surface area contributed by atoms with Crippen LogP contribution < -0.4 is 15.4 Å². The van der Waals surface area contributed by atoms with Crippen LogP contribution in [0.25, 0.3) is 0 Å². The Kier molecular flexibility index (Phi) is 9.56. The molecule has 2 saturated heterocycles. The minimum absolute atomic E-state index is 0.0515. The lowest BCUT2D eigenvalue weighted by atomic mass is 9.94. The Morgan fingerprint density at radius 1 is 0.825 bits per heavy atom. The Bertz CT molecular complexity index is 1130. The highest BCUT2D eigenvalue weighted by atomic mass is 16.7. The number of nitrogens with zero attached hydrogens (tertiary/aromatic N) is 1. The SMILES string of the molecule is CC(=O)N[C@H]1[C@H](Oc2ccc([N+](=O)[O-])cc2)O[C@H](C(=O)O)[C@@H](O[C@@H]2O[C@H](C(=O)O)[C@@H](O)[C@H](O)[C@H]2NC(C)=O)[C@@H]1O. The molecule has 2 heterocycles. The van der Waals surface area contributed by atoms with Crippen molar-refractivity contribution in [2.45, 2.75) is 75.1 Å². The van der Waals surface area contributed by atoms with Crippen LogP contribution in [0.4, 0.5) is 5.69 Å². The predicted octanol–water partition coefficient (Wildman–Crippen LogP) is -2.93. The molecular weight excluding hydrogens is 546 g/mol. The Morgan fingerprint density at radius 2 is 1.32 bits per heavy atom. The number of aliphatic carboxylic acids is 2. The number of amides is 2. The largest absolute Gasteiger partial charge is 0.479 e. The number of benzene rings is 1. The Balaban J connectivity index is 1.93. The minimum atomic E-state index is -2.07. The molecular formula is C22H27N3O15. The number of non-ortho nitro benzene ring substituents is 1. The number of carbonyl (C=O) groups is 4. The van der Waals surface area contributed by atoms with Crippen molar-refractivity contribution in [3.63, 3.8) is 0 Å². The second-order valence-corrected chi connectivity index (χ2v) is 8.92. The molecule has 1 aromatic carbocycles. The predicted molar refractivity (Wildman–Crippen MR) is 124 cm³/mol. The van der Waals surface area contributed by atoms with E-state index in [1.807, 2.05) is 0 Å². The molecule has 7 N–H and O–H groups in total. The molecule has 10 atom stereocenters. The second-order valence-electron chi connectivity index (χ2n) is 8.92. The van der Waals surface area contributed by atoms with E-state index in [2.05, 4.69) is 10.6 Å². The van der Waals surface area contributed by atoms with Crippen molar-refractivity contribution in [2.24, 2.45) is 0 Å². The fourth-order valence-electron chi connectivity index (χ4n) is 4.20. The number of hydrogen-bond donors (Lipinski definition) is 7. The molecule has 0 saturated carbocycles. The summed E-state index contributed by atoms with van der Waals surface area (Å²) in [4.78, 5) is 57.5. The van der Waals surface area contributed by atoms with Crippen LogP contribution in [-0.4, -0.2) is 115 Å². The van der Waals surface area contributed by atoms with Gasteiger partial charge in [-0.1, -0.05) is 0 Å². The smallest absolute Gasteiger partial charge is 0.335 e. The highest BCUT2D eigenvalue weighted by Gasteiger charge is 2.55. The van der Waals surface area contributed by atoms with Gasteiger partial charge in [-0.3, -0.25) is 19.7 Å². The summed E-state index contributed by atoms with van der Waals surface area (Å²) in [5.74, 6) is -4.95. The van der Waals surface area contributed by atoms with Crippen LogP contribution in [0.2, 0.25) is 0 Å². The summed E-state index contributed by atoms with van der Waals surface area (Å²) < 4.78 is 21.8. The molecule has 0 aliphatic carbocycles. The van der Waals surface area contributed by atoms with Crippen molar-refractivity contribution in [3.05, 3.63) is 34.4 Å². The summed E-state index contributed by atoms with van der Waals surface area (Å²) in [5, 5.41) is 66.4. The lowest BCUT2D eigenvalue weighted by Gasteiger charge is -2.46. The maximum Gasteiger partial charge on any atom is 0.335 e. The summed E-state index contributed by atoms with van der Waals surface area (Å²) in [5.41, 5.74) is -0.277. The number of carbonyl (C=O) groups excluding carboxylic acids is 2. The average Bonchev–Trinajstić information content (AvgIpc) is 2.86. The van der Waals surface area contributed by atoms with Crippen molar-refractivity contribution in [2.75, 3.05) is 0 Å². The van der Waals surface area contributed by atoms with Crippen molar-refractivity contribution < 1.29 is 68.6 Å². The first-order chi connectivity index (χ1) is 18.7. The monoisotopic (exact) mass is 573 g/mol. The molecule has 0 bridgehead atoms. The topological polar surface area (TPSA) is 274 Å². The Hall–Kier alpha value is -3.94. The molecule has 2 fully saturated rings. The van der Waals surface area contributed by atoms with E-state index in [0.29, 0.717) is 0 Å². The third-order valence-corrected chi connectivity index (χ3v) is 6.00. The van der Waals surface area contributed by atoms with Crippen LogP contribution in [0.15, 0.2) is 24.3 Å². The first-order valence-corrected chi connectivity index (χ1v) is 11.6. The number of aliphatic hydroxyl groups excluding tert-OH is 3. The molecule has 1 aromatic rings. The van der Waals surface area contributed by atoms with E-state index >= 15 is 0 Å². The molecule has 40 heavy (non-hydrogen) atoms. The number of hydrogen-bond acceptors (Lipinski definition) is 13. The first-order valence-electron chi connectivity index (χ1n) is 11.6. The van der Waals surface area contributed by atoms with Crippen LogP contribution in [-0.2, 0) is 33.4 Å². The van der Waals surface area contributed by atoms with Gasteiger partial charge in [0.25, 0.3) is 5.69 Å². The molecule has 18 nitrogen and oxygen atoms in total. The van der Waals surface area contributed by atoms with Crippen molar-refractivity contribution in [3.8, 4) is 5.75 Å². The first kappa shape index (κ1) is 30.6. The summed E-state index contributed by atoms with van der Waals surface area (Å²) in [6.45, 7) is 2.10. The molecule has 2 aliphatic heterocycles. The van der Waals surface area contributed by atoms with Crippen molar-refractivity contribution in [1.82, 2.24) is 10.6 Å². The van der Waals surface area contributed by atoms with E-state index in [0.717, 1.165) is 26.0 Å². The zero-order valence-electron chi connectivity index (χ0n) is 20.8. The molecule has 0 unspecified atom stereocenters. The maximum atomic E-state index is 12.1. The summed E-state index contributed by atoms with van der Waals surface area (Å²) in [7, 11) is 0. The van der Waals surface area contributed by atoms with Gasteiger partial charge >= 0.3 is 11.9 Å². The van der Waals surface area contributed by atoms with Gasteiger partial charge in [-0.25, -0.2) is 9.59 Å². The highest BCUT2D eigenvalue weighted by Crippen LogP contribution is 2.31. The van der Waals surface area contributed by atoms with Crippen LogP contribution >= 0.6 is 0 Å². The van der Waals surface area contributed by atoms with Gasteiger partial charge in [0.2, 0.25) is 18.1 Å². The average molecular weight is 573 g/mol. The number of carboxylic acid groups (broad SMARTS) is 2. The zero-order chi connectivity index (χ0) is 29.9. The van der Waals surface area contributed by atoms with Crippen molar-refractivity contribution in [1.29, 1.82) is 0 Å². The second kappa shape index (κ2) is 12.5. The number of nitrogens with one attached hydrogen (secondary N) is 2. The standard InChI is InChI=1S/C22H27N3O15/c1-7(26)23-11-13(28)15(30)17(19(31)32)39-22(11)38-16-14(29)12(24-8(2)27)21(40-18(16)20(33)34)37-10-5-3-9(4-6-10)25(35)36/h3-6,11-18,21-22,28-30H,1-2H3,(H,23,26)(H,24,27)(H,31,32)(H,33,34)/t11-,12-,13-,14-,15+,16+,17+,18+,21-,22-/m1/s1. The molecule has 18 heteroatoms. The van der Waals surface area contributed by atoms with Crippen LogP contribution in [0.3, 0.4) is 0 Å². The summed E-state index contributed by atoms with van der Waals surface area (Å²) >= 11 is 0. The van der Waals surface area contributed by atoms with E-state index in [1.165, 1.54) is 12.1 Å². The number of ether oxygens (including phenoxy) is 4. The van der Waals surface area contributed by atoms with Crippen molar-refractivity contribution >= 4 is 29.4 Å². The lowest BCUT2D eigenvalue weighted by Crippen LogP contribution is -2.70. The molecule has 0 spiro atoms. The van der Waals surface area contributed by atoms with Crippen LogP contribution in [0.1, 0.15) is 13.8 Å². The van der Waals surface area contributed by atoms with Crippen LogP contribution in [0.5, 0.6) is 5.75 Å². The van der Waals surface area contributed by atoms with Gasteiger partial charge in [0.1, 0.15) is 42.2 Å². The summed E-state index contributed by atoms with van der Waals surface area (Å²) in [6.07, 6.45) is -15.6. The van der Waals surface area contributed by atoms with Gasteiger partial charge in [-0.05, 0) is 12.1 Å². The molecule has 220 valence electrons. The normalized spacial score (nSPS) is 33.8. The summed E-state index contributed by atoms with van der Waals surface area (Å²) in [6, 6.07) is 1.36. The number of rotatable bonds is 9. The quantitative estimate of drug-likeness (QED) is 0.115. The van der Waals surface area contributed by atoms with E-state index in [4.69, 9.17) is 18.9 Å². The number of carboxylic acids is 2. The number of nitro groups is 1. The molecule has 0 radical (unpaired) electrons. The number of nitro benzene ring substituents is 1. The van der Waals surface area contributed by atoms with E-state index in [9.17, 15) is 54.8 Å². The Morgan fingerprint density at radius 3 is 1.80 bits per heavy atom. The third-order valence-electron chi connectivity index (χ3n) is 6.00. The van der Waals surface area contributed by atoms with Gasteiger partial charge in [0.15, 0.2) is 18.5 Å². The van der Waals surface area contributed by atoms with Crippen LogP contribution in [0, 0.1) is 10.1 Å². The van der Waals surface area contributed by atoms with E-state index in [1.54, 1.807) is 0 Å². The maximum absolute atomic E-state index is 12.1. The highest BCUT2D eigenvalue weighted by molar-refractivity contribution is 5.76. The van der Waals surface area contributed by atoms with E-state index in [-0.39, 0.29) is 11.4 Å². The van der Waals surface area contributed by atoms with Gasteiger partial charge in [-0.2, -0.15) is 0 Å². The number of aliphatic hydroxyl groups is 3. The van der Waals surface area contributed by atoms with Gasteiger partial charge in [0, 0.05) is 26.0 Å². The van der Waals surface area contributed by atoms with Gasteiger partial charge < -0.3 is 55.1 Å². The lowest BCUT2D eigenvalue weighted by molar-refractivity contribution is -0.384. The zero-order valence-corrected chi connectivity index (χ0v) is 20.8. The van der Waals surface area contributed by atoms with Gasteiger partial charge in [0.05, 0.1) is 4.92 Å².